The third-order valence-electron chi connectivity index (χ3n) is 4.50. The summed E-state index contributed by atoms with van der Waals surface area (Å²) in [7, 11) is 0. The molecule has 0 unspecified atom stereocenters. The van der Waals surface area contributed by atoms with Crippen molar-refractivity contribution in [3.05, 3.63) is 66.1 Å². The van der Waals surface area contributed by atoms with E-state index in [4.69, 9.17) is 0 Å². The summed E-state index contributed by atoms with van der Waals surface area (Å²) in [5, 5.41) is 1.32. The number of benzene rings is 1. The SMILES string of the molecule is CC(C)(C)CN(CCc1cccnc1)C(=O)N1C=C(c2ccc(OC(F)(F)F)cc2)NN1. The van der Waals surface area contributed by atoms with E-state index in [-0.39, 0.29) is 17.2 Å². The summed E-state index contributed by atoms with van der Waals surface area (Å²) in [4.78, 5) is 19.0. The molecule has 0 spiro atoms. The Morgan fingerprint density at radius 2 is 1.88 bits per heavy atom. The van der Waals surface area contributed by atoms with E-state index in [1.54, 1.807) is 23.5 Å². The molecular formula is C22H26F3N5O2. The van der Waals surface area contributed by atoms with Crippen molar-refractivity contribution in [3.63, 3.8) is 0 Å². The zero-order valence-electron chi connectivity index (χ0n) is 18.1. The molecule has 0 saturated carbocycles. The molecule has 3 rings (SSSR count). The molecule has 1 aliphatic heterocycles. The van der Waals surface area contributed by atoms with Gasteiger partial charge in [0.2, 0.25) is 0 Å². The Hall–Kier alpha value is -3.27. The molecule has 1 aliphatic rings. The van der Waals surface area contributed by atoms with Gasteiger partial charge in [-0.05, 0) is 47.7 Å². The molecule has 1 aromatic carbocycles. The van der Waals surface area contributed by atoms with Gasteiger partial charge in [0.25, 0.3) is 0 Å². The molecule has 7 nitrogen and oxygen atoms in total. The van der Waals surface area contributed by atoms with Crippen molar-refractivity contribution in [3.8, 4) is 5.75 Å². The molecule has 0 aliphatic carbocycles. The normalized spacial score (nSPS) is 14.1. The average Bonchev–Trinajstić information content (AvgIpc) is 3.20. The van der Waals surface area contributed by atoms with Crippen LogP contribution < -0.4 is 15.7 Å². The molecule has 32 heavy (non-hydrogen) atoms. The Morgan fingerprint density at radius 3 is 2.47 bits per heavy atom. The summed E-state index contributed by atoms with van der Waals surface area (Å²) >= 11 is 0. The quantitative estimate of drug-likeness (QED) is 0.688. The van der Waals surface area contributed by atoms with Crippen LogP contribution in [0.4, 0.5) is 18.0 Å². The second-order valence-corrected chi connectivity index (χ2v) is 8.60. The molecule has 2 amide bonds. The molecule has 0 atom stereocenters. The van der Waals surface area contributed by atoms with Crippen molar-refractivity contribution in [1.82, 2.24) is 25.9 Å². The number of amides is 2. The molecule has 2 heterocycles. The standard InChI is InChI=1S/C22H26F3N5O2/c1-21(2,3)15-29(12-10-16-5-4-11-26-13-16)20(31)30-14-19(27-28-30)17-6-8-18(9-7-17)32-22(23,24)25/h4-9,11,13-14,27-28H,10,12,15H2,1-3H3. The fourth-order valence-electron chi connectivity index (χ4n) is 3.18. The van der Waals surface area contributed by atoms with Crippen LogP contribution in [-0.4, -0.2) is 40.4 Å². The van der Waals surface area contributed by atoms with Crippen LogP contribution in [0.2, 0.25) is 0 Å². The van der Waals surface area contributed by atoms with Crippen LogP contribution in [0.3, 0.4) is 0 Å². The molecular weight excluding hydrogens is 423 g/mol. The summed E-state index contributed by atoms with van der Waals surface area (Å²) in [6.45, 7) is 7.21. The number of carbonyl (C=O) groups excluding carboxylic acids is 1. The van der Waals surface area contributed by atoms with E-state index < -0.39 is 6.36 Å². The smallest absolute Gasteiger partial charge is 0.406 e. The van der Waals surface area contributed by atoms with E-state index in [0.717, 1.165) is 5.56 Å². The number of carbonyl (C=O) groups is 1. The highest BCUT2D eigenvalue weighted by molar-refractivity contribution is 5.79. The molecule has 2 aromatic rings. The zero-order valence-corrected chi connectivity index (χ0v) is 18.1. The lowest BCUT2D eigenvalue weighted by molar-refractivity contribution is -0.274. The minimum absolute atomic E-state index is 0.112. The van der Waals surface area contributed by atoms with Crippen molar-refractivity contribution in [1.29, 1.82) is 0 Å². The Labute approximate surface area is 184 Å². The number of ether oxygens (including phenoxy) is 1. The van der Waals surface area contributed by atoms with E-state index >= 15 is 0 Å². The minimum atomic E-state index is -4.75. The first-order valence-corrected chi connectivity index (χ1v) is 10.1. The van der Waals surface area contributed by atoms with Gasteiger partial charge in [-0.25, -0.2) is 9.80 Å². The fraction of sp³-hybridized carbons (Fsp3) is 0.364. The summed E-state index contributed by atoms with van der Waals surface area (Å²) < 4.78 is 40.9. The molecule has 1 aromatic heterocycles. The molecule has 0 radical (unpaired) electrons. The number of aromatic nitrogens is 1. The number of hydrogen-bond donors (Lipinski definition) is 2. The van der Waals surface area contributed by atoms with Crippen molar-refractivity contribution >= 4 is 11.7 Å². The van der Waals surface area contributed by atoms with E-state index in [0.29, 0.717) is 30.8 Å². The highest BCUT2D eigenvalue weighted by atomic mass is 19.4. The number of urea groups is 1. The summed E-state index contributed by atoms with van der Waals surface area (Å²) in [6, 6.07) is 8.97. The van der Waals surface area contributed by atoms with Crippen LogP contribution in [0.1, 0.15) is 31.9 Å². The monoisotopic (exact) mass is 449 g/mol. The van der Waals surface area contributed by atoms with E-state index in [2.05, 4.69) is 41.5 Å². The van der Waals surface area contributed by atoms with Crippen LogP contribution in [0.15, 0.2) is 55.0 Å². The number of rotatable bonds is 6. The van der Waals surface area contributed by atoms with Gasteiger partial charge < -0.3 is 15.1 Å². The van der Waals surface area contributed by atoms with Gasteiger partial charge in [0.05, 0.1) is 11.9 Å². The van der Waals surface area contributed by atoms with E-state index in [1.807, 2.05) is 12.1 Å². The third kappa shape index (κ3) is 6.88. The van der Waals surface area contributed by atoms with Crippen molar-refractivity contribution < 1.29 is 22.7 Å². The predicted molar refractivity (Wildman–Crippen MR) is 114 cm³/mol. The highest BCUT2D eigenvalue weighted by Gasteiger charge is 2.31. The summed E-state index contributed by atoms with van der Waals surface area (Å²) in [5.41, 5.74) is 7.74. The number of pyridine rings is 1. The Kier molecular flexibility index (Phi) is 6.93. The van der Waals surface area contributed by atoms with Gasteiger partial charge in [0.15, 0.2) is 0 Å². The zero-order chi connectivity index (χ0) is 23.4. The van der Waals surface area contributed by atoms with Gasteiger partial charge >= 0.3 is 12.4 Å². The van der Waals surface area contributed by atoms with Crippen molar-refractivity contribution in [2.24, 2.45) is 5.41 Å². The maximum absolute atomic E-state index is 13.2. The first-order valence-electron chi connectivity index (χ1n) is 10.1. The summed E-state index contributed by atoms with van der Waals surface area (Å²) in [6.07, 6.45) is 0.967. The number of alkyl halides is 3. The minimum Gasteiger partial charge on any atom is -0.406 e. The van der Waals surface area contributed by atoms with Gasteiger partial charge in [0.1, 0.15) is 5.75 Å². The lowest BCUT2D eigenvalue weighted by atomic mass is 9.96. The topological polar surface area (TPSA) is 69.7 Å². The Bertz CT molecular complexity index is 941. The Morgan fingerprint density at radius 1 is 1.16 bits per heavy atom. The number of nitrogens with one attached hydrogen (secondary N) is 2. The van der Waals surface area contributed by atoms with Gasteiger partial charge in [-0.2, -0.15) is 0 Å². The number of hydrazine groups is 2. The average molecular weight is 449 g/mol. The van der Waals surface area contributed by atoms with Gasteiger partial charge in [-0.15, -0.1) is 18.7 Å². The molecule has 172 valence electrons. The predicted octanol–water partition coefficient (Wildman–Crippen LogP) is 4.31. The molecule has 0 saturated heterocycles. The highest BCUT2D eigenvalue weighted by Crippen LogP contribution is 2.25. The fourth-order valence-corrected chi connectivity index (χ4v) is 3.18. The van der Waals surface area contributed by atoms with E-state index in [9.17, 15) is 18.0 Å². The van der Waals surface area contributed by atoms with Gasteiger partial charge in [-0.3, -0.25) is 4.98 Å². The second kappa shape index (κ2) is 9.47. The van der Waals surface area contributed by atoms with Gasteiger partial charge in [0, 0.05) is 31.0 Å². The maximum atomic E-state index is 13.2. The van der Waals surface area contributed by atoms with Crippen LogP contribution in [-0.2, 0) is 6.42 Å². The third-order valence-corrected chi connectivity index (χ3v) is 4.50. The van der Waals surface area contributed by atoms with Crippen LogP contribution in [0, 0.1) is 5.41 Å². The number of hydrogen-bond acceptors (Lipinski definition) is 5. The first-order chi connectivity index (χ1) is 15.0. The molecule has 2 N–H and O–H groups in total. The molecule has 10 heteroatoms. The summed E-state index contributed by atoms with van der Waals surface area (Å²) in [5.74, 6) is -0.313. The van der Waals surface area contributed by atoms with E-state index in [1.165, 1.54) is 29.3 Å². The van der Waals surface area contributed by atoms with Gasteiger partial charge in [-0.1, -0.05) is 26.8 Å². The largest absolute Gasteiger partial charge is 0.573 e. The lowest BCUT2D eigenvalue weighted by Gasteiger charge is -2.32. The van der Waals surface area contributed by atoms with Crippen LogP contribution >= 0.6 is 0 Å². The number of halogens is 3. The van der Waals surface area contributed by atoms with Crippen LogP contribution in [0.5, 0.6) is 5.75 Å². The van der Waals surface area contributed by atoms with Crippen molar-refractivity contribution in [2.75, 3.05) is 13.1 Å². The van der Waals surface area contributed by atoms with Crippen molar-refractivity contribution in [2.45, 2.75) is 33.6 Å². The second-order valence-electron chi connectivity index (χ2n) is 8.60. The lowest BCUT2D eigenvalue weighted by Crippen LogP contribution is -2.50. The molecule has 0 fully saturated rings. The number of nitrogens with zero attached hydrogens (tertiary/aromatic N) is 3. The van der Waals surface area contributed by atoms with Crippen LogP contribution in [0.25, 0.3) is 5.70 Å². The first kappa shape index (κ1) is 23.4. The maximum Gasteiger partial charge on any atom is 0.573 e. The Balaban J connectivity index is 1.69. The molecule has 0 bridgehead atoms.